The molecule has 27 heavy (non-hydrogen) atoms. The summed E-state index contributed by atoms with van der Waals surface area (Å²) in [5, 5.41) is 5.29. The number of benzene rings is 3. The fourth-order valence-electron chi connectivity index (χ4n) is 3.59. The fourth-order valence-corrected chi connectivity index (χ4v) is 3.59. The van der Waals surface area contributed by atoms with E-state index in [1.54, 1.807) is 0 Å². The first-order chi connectivity index (χ1) is 13.3. The number of carbonyl (C=O) groups is 1. The molecule has 0 spiro atoms. The molecule has 1 atom stereocenters. The number of ether oxygens (including phenoxy) is 1. The van der Waals surface area contributed by atoms with Crippen LogP contribution in [0.5, 0.6) is 5.75 Å². The van der Waals surface area contributed by atoms with E-state index >= 15 is 0 Å². The molecule has 1 unspecified atom stereocenters. The van der Waals surface area contributed by atoms with Crippen LogP contribution in [0, 0.1) is 5.92 Å². The lowest BCUT2D eigenvalue weighted by atomic mass is 10.1. The lowest BCUT2D eigenvalue weighted by Crippen LogP contribution is -2.34. The number of nitrogens with zero attached hydrogens (tertiary/aromatic N) is 1. The number of carbonyl (C=O) groups excluding carboxylic acids is 1. The first kappa shape index (κ1) is 17.4. The Bertz CT molecular complexity index is 910. The predicted molar refractivity (Wildman–Crippen MR) is 109 cm³/mol. The zero-order valence-electron chi connectivity index (χ0n) is 15.3. The summed E-state index contributed by atoms with van der Waals surface area (Å²) >= 11 is 0. The monoisotopic (exact) mass is 360 g/mol. The second kappa shape index (κ2) is 8.12. The Morgan fingerprint density at radius 1 is 1.00 bits per heavy atom. The standard InChI is InChI=1S/C23H24N2O2/c26-23(17-27-22-11-10-19-6-4-5-7-20(19)14-22)24-15-18-12-13-25(16-18)21-8-2-1-3-9-21/h1-11,14,18H,12-13,15-17H2,(H,24,26). The number of amides is 1. The summed E-state index contributed by atoms with van der Waals surface area (Å²) < 4.78 is 5.66. The van der Waals surface area contributed by atoms with Gasteiger partial charge in [0.2, 0.25) is 0 Å². The van der Waals surface area contributed by atoms with Crippen molar-refractivity contribution in [3.63, 3.8) is 0 Å². The predicted octanol–water partition coefficient (Wildman–Crippen LogP) is 3.86. The van der Waals surface area contributed by atoms with E-state index in [0.29, 0.717) is 12.5 Å². The molecule has 1 saturated heterocycles. The van der Waals surface area contributed by atoms with Gasteiger partial charge in [0.25, 0.3) is 5.91 Å². The highest BCUT2D eigenvalue weighted by Gasteiger charge is 2.22. The van der Waals surface area contributed by atoms with Crippen molar-refractivity contribution >= 4 is 22.4 Å². The minimum atomic E-state index is -0.0682. The largest absolute Gasteiger partial charge is 0.484 e. The van der Waals surface area contributed by atoms with E-state index in [0.717, 1.165) is 30.6 Å². The lowest BCUT2D eigenvalue weighted by Gasteiger charge is -2.18. The Kier molecular flexibility index (Phi) is 5.24. The Hall–Kier alpha value is -3.01. The summed E-state index contributed by atoms with van der Waals surface area (Å²) in [5.74, 6) is 1.14. The summed E-state index contributed by atoms with van der Waals surface area (Å²) in [7, 11) is 0. The molecule has 138 valence electrons. The number of rotatable bonds is 6. The zero-order chi connectivity index (χ0) is 18.5. The van der Waals surface area contributed by atoms with Crippen LogP contribution in [-0.4, -0.2) is 32.1 Å². The minimum absolute atomic E-state index is 0.0491. The van der Waals surface area contributed by atoms with Crippen LogP contribution in [0.25, 0.3) is 10.8 Å². The van der Waals surface area contributed by atoms with Gasteiger partial charge in [-0.05, 0) is 47.4 Å². The maximum atomic E-state index is 12.1. The van der Waals surface area contributed by atoms with Crippen molar-refractivity contribution in [3.05, 3.63) is 72.8 Å². The van der Waals surface area contributed by atoms with Crippen LogP contribution < -0.4 is 15.0 Å². The van der Waals surface area contributed by atoms with Gasteiger partial charge in [-0.1, -0.05) is 48.5 Å². The molecule has 4 rings (SSSR count). The molecule has 1 heterocycles. The minimum Gasteiger partial charge on any atom is -0.484 e. The molecule has 0 saturated carbocycles. The highest BCUT2D eigenvalue weighted by Crippen LogP contribution is 2.23. The lowest BCUT2D eigenvalue weighted by molar-refractivity contribution is -0.123. The average molecular weight is 360 g/mol. The van der Waals surface area contributed by atoms with Gasteiger partial charge in [0, 0.05) is 25.3 Å². The summed E-state index contributed by atoms with van der Waals surface area (Å²) in [6, 6.07) is 24.4. The third-order valence-electron chi connectivity index (χ3n) is 5.09. The normalized spacial score (nSPS) is 16.4. The Morgan fingerprint density at radius 2 is 1.78 bits per heavy atom. The molecule has 4 heteroatoms. The van der Waals surface area contributed by atoms with E-state index in [1.807, 2.05) is 42.5 Å². The number of fused-ring (bicyclic) bond motifs is 1. The smallest absolute Gasteiger partial charge is 0.257 e. The number of hydrogen-bond donors (Lipinski definition) is 1. The van der Waals surface area contributed by atoms with Gasteiger partial charge in [0.15, 0.2) is 6.61 Å². The van der Waals surface area contributed by atoms with Crippen LogP contribution >= 0.6 is 0 Å². The molecule has 0 radical (unpaired) electrons. The molecule has 3 aromatic rings. The van der Waals surface area contributed by atoms with Crippen LogP contribution in [0.4, 0.5) is 5.69 Å². The van der Waals surface area contributed by atoms with E-state index in [2.05, 4.69) is 40.5 Å². The van der Waals surface area contributed by atoms with Gasteiger partial charge in [-0.2, -0.15) is 0 Å². The van der Waals surface area contributed by atoms with E-state index in [4.69, 9.17) is 4.74 Å². The fraction of sp³-hybridized carbons (Fsp3) is 0.261. The zero-order valence-corrected chi connectivity index (χ0v) is 15.3. The van der Waals surface area contributed by atoms with Crippen LogP contribution in [0.2, 0.25) is 0 Å². The number of nitrogens with one attached hydrogen (secondary N) is 1. The van der Waals surface area contributed by atoms with Crippen LogP contribution in [0.1, 0.15) is 6.42 Å². The SMILES string of the molecule is O=C(COc1ccc2ccccc2c1)NCC1CCN(c2ccccc2)C1. The molecule has 1 aliphatic heterocycles. The average Bonchev–Trinajstić information content (AvgIpc) is 3.20. The van der Waals surface area contributed by atoms with Gasteiger partial charge in [0.1, 0.15) is 5.75 Å². The molecule has 0 aliphatic carbocycles. The molecule has 1 aliphatic rings. The second-order valence-electron chi connectivity index (χ2n) is 7.04. The first-order valence-corrected chi connectivity index (χ1v) is 9.46. The van der Waals surface area contributed by atoms with Gasteiger partial charge in [-0.15, -0.1) is 0 Å². The molecule has 3 aromatic carbocycles. The van der Waals surface area contributed by atoms with Crippen LogP contribution in [0.3, 0.4) is 0 Å². The third kappa shape index (κ3) is 4.40. The summed E-state index contributed by atoms with van der Waals surface area (Å²) in [4.78, 5) is 14.5. The van der Waals surface area contributed by atoms with Crippen LogP contribution in [-0.2, 0) is 4.79 Å². The Morgan fingerprint density at radius 3 is 2.63 bits per heavy atom. The van der Waals surface area contributed by atoms with E-state index < -0.39 is 0 Å². The van der Waals surface area contributed by atoms with Crippen molar-refractivity contribution in [2.75, 3.05) is 31.1 Å². The molecule has 0 bridgehead atoms. The number of para-hydroxylation sites is 1. The van der Waals surface area contributed by atoms with E-state index in [9.17, 15) is 4.79 Å². The van der Waals surface area contributed by atoms with Crippen molar-refractivity contribution < 1.29 is 9.53 Å². The van der Waals surface area contributed by atoms with E-state index in [-0.39, 0.29) is 12.5 Å². The first-order valence-electron chi connectivity index (χ1n) is 9.46. The molecule has 1 amide bonds. The third-order valence-corrected chi connectivity index (χ3v) is 5.09. The Balaban J connectivity index is 1.23. The summed E-state index contributed by atoms with van der Waals surface area (Å²) in [6.45, 7) is 2.77. The Labute approximate surface area is 159 Å². The molecule has 1 fully saturated rings. The molecule has 0 aromatic heterocycles. The maximum Gasteiger partial charge on any atom is 0.257 e. The van der Waals surface area contributed by atoms with Crippen LogP contribution in [0.15, 0.2) is 72.8 Å². The quantitative estimate of drug-likeness (QED) is 0.726. The van der Waals surface area contributed by atoms with Gasteiger partial charge in [-0.25, -0.2) is 0 Å². The molecular formula is C23H24N2O2. The van der Waals surface area contributed by atoms with Gasteiger partial charge in [0.05, 0.1) is 0 Å². The second-order valence-corrected chi connectivity index (χ2v) is 7.04. The van der Waals surface area contributed by atoms with Crippen molar-refractivity contribution in [2.45, 2.75) is 6.42 Å². The number of hydrogen-bond acceptors (Lipinski definition) is 3. The highest BCUT2D eigenvalue weighted by molar-refractivity contribution is 5.84. The van der Waals surface area contributed by atoms with E-state index in [1.165, 1.54) is 11.1 Å². The van der Waals surface area contributed by atoms with Gasteiger partial charge >= 0.3 is 0 Å². The van der Waals surface area contributed by atoms with Crippen molar-refractivity contribution in [3.8, 4) is 5.75 Å². The molecular weight excluding hydrogens is 336 g/mol. The maximum absolute atomic E-state index is 12.1. The summed E-state index contributed by atoms with van der Waals surface area (Å²) in [5.41, 5.74) is 1.26. The van der Waals surface area contributed by atoms with Crippen molar-refractivity contribution in [1.29, 1.82) is 0 Å². The van der Waals surface area contributed by atoms with Gasteiger partial charge in [-0.3, -0.25) is 4.79 Å². The molecule has 1 N–H and O–H groups in total. The van der Waals surface area contributed by atoms with Crippen molar-refractivity contribution in [2.24, 2.45) is 5.92 Å². The topological polar surface area (TPSA) is 41.6 Å². The summed E-state index contributed by atoms with van der Waals surface area (Å²) in [6.07, 6.45) is 1.10. The highest BCUT2D eigenvalue weighted by atomic mass is 16.5. The van der Waals surface area contributed by atoms with Gasteiger partial charge < -0.3 is 15.0 Å². The molecule has 4 nitrogen and oxygen atoms in total. The number of anilines is 1. The van der Waals surface area contributed by atoms with Crippen molar-refractivity contribution in [1.82, 2.24) is 5.32 Å².